The SMILES string of the molecule is Nc1ccccc1NC(=O)c1ccc(C(=O)NCC2CCN2C2CCCC2)nn1. The van der Waals surface area contributed by atoms with Crippen molar-refractivity contribution in [3.63, 3.8) is 0 Å². The zero-order valence-corrected chi connectivity index (χ0v) is 16.3. The van der Waals surface area contributed by atoms with Gasteiger partial charge in [0.05, 0.1) is 11.4 Å². The van der Waals surface area contributed by atoms with Gasteiger partial charge in [0, 0.05) is 25.2 Å². The van der Waals surface area contributed by atoms with Crippen molar-refractivity contribution in [1.29, 1.82) is 0 Å². The maximum absolute atomic E-state index is 12.4. The van der Waals surface area contributed by atoms with E-state index >= 15 is 0 Å². The second-order valence-electron chi connectivity index (χ2n) is 7.67. The molecule has 2 fully saturated rings. The highest BCUT2D eigenvalue weighted by Crippen LogP contribution is 2.30. The highest BCUT2D eigenvalue weighted by Gasteiger charge is 2.35. The van der Waals surface area contributed by atoms with E-state index in [4.69, 9.17) is 5.73 Å². The van der Waals surface area contributed by atoms with Crippen LogP contribution in [0.3, 0.4) is 0 Å². The van der Waals surface area contributed by atoms with Crippen LogP contribution in [0.1, 0.15) is 53.1 Å². The Morgan fingerprint density at radius 2 is 1.69 bits per heavy atom. The fourth-order valence-corrected chi connectivity index (χ4v) is 4.07. The van der Waals surface area contributed by atoms with Crippen LogP contribution in [0.5, 0.6) is 0 Å². The molecular formula is C21H26N6O2. The smallest absolute Gasteiger partial charge is 0.276 e. The molecule has 1 unspecified atom stereocenters. The molecule has 8 heteroatoms. The van der Waals surface area contributed by atoms with Gasteiger partial charge < -0.3 is 16.4 Å². The second-order valence-corrected chi connectivity index (χ2v) is 7.67. The van der Waals surface area contributed by atoms with Crippen LogP contribution >= 0.6 is 0 Å². The van der Waals surface area contributed by atoms with Crippen LogP contribution in [-0.4, -0.2) is 52.1 Å². The molecule has 152 valence electrons. The summed E-state index contributed by atoms with van der Waals surface area (Å²) in [4.78, 5) is 27.2. The van der Waals surface area contributed by atoms with Gasteiger partial charge in [-0.3, -0.25) is 14.5 Å². The van der Waals surface area contributed by atoms with Gasteiger partial charge in [-0.1, -0.05) is 25.0 Å². The van der Waals surface area contributed by atoms with Crippen molar-refractivity contribution in [3.05, 3.63) is 47.8 Å². The Balaban J connectivity index is 1.30. The number of anilines is 2. The number of hydrogen-bond donors (Lipinski definition) is 3. The quantitative estimate of drug-likeness (QED) is 0.647. The number of carbonyl (C=O) groups excluding carboxylic acids is 2. The van der Waals surface area contributed by atoms with Crippen molar-refractivity contribution >= 4 is 23.2 Å². The molecule has 2 aliphatic rings. The van der Waals surface area contributed by atoms with E-state index in [1.165, 1.54) is 37.8 Å². The molecule has 0 bridgehead atoms. The zero-order chi connectivity index (χ0) is 20.2. The van der Waals surface area contributed by atoms with Crippen LogP contribution in [0, 0.1) is 0 Å². The number of nitrogens with zero attached hydrogens (tertiary/aromatic N) is 3. The maximum Gasteiger partial charge on any atom is 0.276 e. The Morgan fingerprint density at radius 3 is 2.31 bits per heavy atom. The molecule has 0 spiro atoms. The van der Waals surface area contributed by atoms with Crippen molar-refractivity contribution in [2.75, 3.05) is 24.1 Å². The van der Waals surface area contributed by atoms with E-state index in [1.807, 2.05) is 0 Å². The highest BCUT2D eigenvalue weighted by molar-refractivity contribution is 6.04. The molecule has 1 aliphatic carbocycles. The number of aromatic nitrogens is 2. The van der Waals surface area contributed by atoms with Gasteiger partial charge in [-0.25, -0.2) is 0 Å². The van der Waals surface area contributed by atoms with Crippen molar-refractivity contribution in [3.8, 4) is 0 Å². The summed E-state index contributed by atoms with van der Waals surface area (Å²) >= 11 is 0. The predicted octanol–water partition coefficient (Wildman–Crippen LogP) is 2.06. The number of para-hydroxylation sites is 2. The molecule has 4 rings (SSSR count). The molecule has 0 radical (unpaired) electrons. The molecule has 2 aromatic rings. The molecule has 2 amide bonds. The summed E-state index contributed by atoms with van der Waals surface area (Å²) < 4.78 is 0. The summed E-state index contributed by atoms with van der Waals surface area (Å²) in [5, 5.41) is 13.4. The van der Waals surface area contributed by atoms with E-state index in [2.05, 4.69) is 25.7 Å². The van der Waals surface area contributed by atoms with E-state index < -0.39 is 5.91 Å². The van der Waals surface area contributed by atoms with Crippen LogP contribution in [0.15, 0.2) is 36.4 Å². The number of likely N-dealkylation sites (tertiary alicyclic amines) is 1. The van der Waals surface area contributed by atoms with E-state index in [-0.39, 0.29) is 17.3 Å². The summed E-state index contributed by atoms with van der Waals surface area (Å²) in [6.07, 6.45) is 6.28. The van der Waals surface area contributed by atoms with Crippen molar-refractivity contribution < 1.29 is 9.59 Å². The number of nitrogen functional groups attached to an aromatic ring is 1. The highest BCUT2D eigenvalue weighted by atomic mass is 16.2. The number of carbonyl (C=O) groups is 2. The lowest BCUT2D eigenvalue weighted by Gasteiger charge is -2.45. The Kier molecular flexibility index (Phi) is 5.71. The maximum atomic E-state index is 12.4. The van der Waals surface area contributed by atoms with Crippen LogP contribution in [0.2, 0.25) is 0 Å². The third-order valence-corrected chi connectivity index (χ3v) is 5.82. The topological polar surface area (TPSA) is 113 Å². The van der Waals surface area contributed by atoms with Gasteiger partial charge in [-0.05, 0) is 43.5 Å². The lowest BCUT2D eigenvalue weighted by atomic mass is 9.98. The van der Waals surface area contributed by atoms with Gasteiger partial charge in [0.2, 0.25) is 0 Å². The number of rotatable bonds is 6. The molecule has 1 saturated heterocycles. The van der Waals surface area contributed by atoms with Crippen molar-refractivity contribution in [1.82, 2.24) is 20.4 Å². The standard InChI is InChI=1S/C21H26N6O2/c22-16-7-3-4-8-17(16)24-21(29)19-10-9-18(25-26-19)20(28)23-13-15-11-12-27(15)14-5-1-2-6-14/h3-4,7-10,14-15H,1-2,5-6,11-13,22H2,(H,23,28)(H,24,29). The molecule has 1 saturated carbocycles. The average molecular weight is 394 g/mol. The molecule has 1 aromatic heterocycles. The lowest BCUT2D eigenvalue weighted by Crippen LogP contribution is -2.56. The summed E-state index contributed by atoms with van der Waals surface area (Å²) in [5.41, 5.74) is 7.12. The lowest BCUT2D eigenvalue weighted by molar-refractivity contribution is 0.0424. The van der Waals surface area contributed by atoms with Crippen LogP contribution in [0.4, 0.5) is 11.4 Å². The van der Waals surface area contributed by atoms with Crippen molar-refractivity contribution in [2.45, 2.75) is 44.2 Å². The number of hydrogen-bond acceptors (Lipinski definition) is 6. The van der Waals surface area contributed by atoms with Gasteiger partial charge >= 0.3 is 0 Å². The second kappa shape index (κ2) is 8.57. The first-order valence-electron chi connectivity index (χ1n) is 10.2. The Hall–Kier alpha value is -3.00. The van der Waals surface area contributed by atoms with Gasteiger partial charge in [0.15, 0.2) is 11.4 Å². The van der Waals surface area contributed by atoms with Gasteiger partial charge in [0.1, 0.15) is 0 Å². The van der Waals surface area contributed by atoms with Gasteiger partial charge in [0.25, 0.3) is 11.8 Å². The third-order valence-electron chi connectivity index (χ3n) is 5.82. The fraction of sp³-hybridized carbons (Fsp3) is 0.429. The molecule has 2 heterocycles. The molecule has 1 atom stereocenters. The van der Waals surface area contributed by atoms with Gasteiger partial charge in [-0.2, -0.15) is 0 Å². The third kappa shape index (κ3) is 4.37. The van der Waals surface area contributed by atoms with E-state index in [9.17, 15) is 9.59 Å². The zero-order valence-electron chi connectivity index (χ0n) is 16.3. The average Bonchev–Trinajstić information content (AvgIpc) is 3.23. The first-order chi connectivity index (χ1) is 14.1. The summed E-state index contributed by atoms with van der Waals surface area (Å²) in [5.74, 6) is -0.695. The molecule has 1 aliphatic heterocycles. The first kappa shape index (κ1) is 19.3. The fourth-order valence-electron chi connectivity index (χ4n) is 4.07. The number of nitrogens with one attached hydrogen (secondary N) is 2. The minimum atomic E-state index is -0.427. The molecule has 4 N–H and O–H groups in total. The normalized spacial score (nSPS) is 19.5. The Morgan fingerprint density at radius 1 is 1.00 bits per heavy atom. The summed E-state index contributed by atoms with van der Waals surface area (Å²) in [6.45, 7) is 1.74. The predicted molar refractivity (Wildman–Crippen MR) is 111 cm³/mol. The first-order valence-corrected chi connectivity index (χ1v) is 10.2. The van der Waals surface area contributed by atoms with E-state index in [1.54, 1.807) is 24.3 Å². The van der Waals surface area contributed by atoms with Gasteiger partial charge in [-0.15, -0.1) is 10.2 Å². The Labute approximate surface area is 169 Å². The molecule has 29 heavy (non-hydrogen) atoms. The monoisotopic (exact) mass is 394 g/mol. The molecule has 8 nitrogen and oxygen atoms in total. The molecular weight excluding hydrogens is 368 g/mol. The number of amides is 2. The van der Waals surface area contributed by atoms with Crippen LogP contribution < -0.4 is 16.4 Å². The minimum Gasteiger partial charge on any atom is -0.397 e. The number of nitrogens with two attached hydrogens (primary N) is 1. The van der Waals surface area contributed by atoms with Crippen molar-refractivity contribution in [2.24, 2.45) is 0 Å². The minimum absolute atomic E-state index is 0.121. The summed E-state index contributed by atoms with van der Waals surface area (Å²) in [7, 11) is 0. The van der Waals surface area contributed by atoms with Crippen LogP contribution in [-0.2, 0) is 0 Å². The number of benzene rings is 1. The molecule has 1 aromatic carbocycles. The van der Waals surface area contributed by atoms with E-state index in [0.29, 0.717) is 30.0 Å². The Bertz CT molecular complexity index is 879. The van der Waals surface area contributed by atoms with E-state index in [0.717, 1.165) is 13.0 Å². The van der Waals surface area contributed by atoms with Crippen LogP contribution in [0.25, 0.3) is 0 Å². The summed E-state index contributed by atoms with van der Waals surface area (Å²) in [6, 6.07) is 11.1. The largest absolute Gasteiger partial charge is 0.397 e.